The Morgan fingerprint density at radius 2 is 1.70 bits per heavy atom. The van der Waals surface area contributed by atoms with Gasteiger partial charge in [-0.1, -0.05) is 18.7 Å². The Bertz CT molecular complexity index is 643. The molecule has 5 heteroatoms. The van der Waals surface area contributed by atoms with Gasteiger partial charge >= 0.3 is 6.18 Å². The predicted octanol–water partition coefficient (Wildman–Crippen LogP) is 4.01. The van der Waals surface area contributed by atoms with E-state index in [1.807, 2.05) is 0 Å². The van der Waals surface area contributed by atoms with Gasteiger partial charge in [-0.3, -0.25) is 4.98 Å². The van der Waals surface area contributed by atoms with Crippen molar-refractivity contribution < 1.29 is 13.2 Å². The lowest BCUT2D eigenvalue weighted by atomic mass is 10.1. The third-order valence-electron chi connectivity index (χ3n) is 2.94. The Morgan fingerprint density at radius 1 is 1.10 bits per heavy atom. The summed E-state index contributed by atoms with van der Waals surface area (Å²) in [6.07, 6.45) is -4.33. The minimum absolute atomic E-state index is 0.411. The molecule has 0 aliphatic heterocycles. The van der Waals surface area contributed by atoms with Crippen molar-refractivity contribution in [1.82, 2.24) is 4.98 Å². The molecule has 20 heavy (non-hydrogen) atoms. The highest BCUT2D eigenvalue weighted by Crippen LogP contribution is 2.30. The van der Waals surface area contributed by atoms with Crippen molar-refractivity contribution in [2.75, 3.05) is 0 Å². The van der Waals surface area contributed by atoms with Crippen LogP contribution < -0.4 is 5.73 Å². The SMILES string of the molecule is C=C(N)c1ccc(-c2ccc(C(F)(F)F)cc2)nc1C. The standard InChI is InChI=1S/C15H13F3N2/c1-9(19)13-7-8-14(20-10(13)2)11-3-5-12(6-4-11)15(16,17)18/h3-8H,1,19H2,2H3. The maximum Gasteiger partial charge on any atom is 0.416 e. The lowest BCUT2D eigenvalue weighted by molar-refractivity contribution is -0.137. The molecule has 1 heterocycles. The normalized spacial score (nSPS) is 11.4. The van der Waals surface area contributed by atoms with Crippen molar-refractivity contribution in [3.8, 4) is 11.3 Å². The first-order valence-corrected chi connectivity index (χ1v) is 5.89. The van der Waals surface area contributed by atoms with Gasteiger partial charge in [0.05, 0.1) is 11.3 Å². The van der Waals surface area contributed by atoms with Gasteiger partial charge in [-0.2, -0.15) is 13.2 Å². The van der Waals surface area contributed by atoms with E-state index < -0.39 is 11.7 Å². The number of pyridine rings is 1. The van der Waals surface area contributed by atoms with Gasteiger partial charge < -0.3 is 5.73 Å². The molecule has 2 nitrogen and oxygen atoms in total. The van der Waals surface area contributed by atoms with Crippen molar-refractivity contribution >= 4 is 5.70 Å². The van der Waals surface area contributed by atoms with Gasteiger partial charge in [0.15, 0.2) is 0 Å². The second-order valence-electron chi connectivity index (χ2n) is 4.43. The Kier molecular flexibility index (Phi) is 3.53. The summed E-state index contributed by atoms with van der Waals surface area (Å²) in [5, 5.41) is 0. The van der Waals surface area contributed by atoms with E-state index in [2.05, 4.69) is 11.6 Å². The van der Waals surface area contributed by atoms with Gasteiger partial charge in [-0.25, -0.2) is 0 Å². The highest BCUT2D eigenvalue weighted by Gasteiger charge is 2.29. The number of halogens is 3. The molecule has 0 saturated carbocycles. The van der Waals surface area contributed by atoms with E-state index in [1.54, 1.807) is 19.1 Å². The lowest BCUT2D eigenvalue weighted by Gasteiger charge is -2.09. The van der Waals surface area contributed by atoms with Gasteiger partial charge in [0.2, 0.25) is 0 Å². The van der Waals surface area contributed by atoms with Crippen LogP contribution in [0.5, 0.6) is 0 Å². The van der Waals surface area contributed by atoms with Crippen LogP contribution in [0.15, 0.2) is 43.0 Å². The van der Waals surface area contributed by atoms with Gasteiger partial charge in [0.25, 0.3) is 0 Å². The Balaban J connectivity index is 2.37. The molecule has 0 atom stereocenters. The maximum atomic E-state index is 12.5. The fraction of sp³-hybridized carbons (Fsp3) is 0.133. The Hall–Kier alpha value is -2.30. The van der Waals surface area contributed by atoms with E-state index >= 15 is 0 Å². The number of alkyl halides is 3. The topological polar surface area (TPSA) is 38.9 Å². The van der Waals surface area contributed by atoms with Crippen LogP contribution in [0.25, 0.3) is 17.0 Å². The Labute approximate surface area is 114 Å². The van der Waals surface area contributed by atoms with Crippen LogP contribution in [-0.4, -0.2) is 4.98 Å². The van der Waals surface area contributed by atoms with E-state index in [1.165, 1.54) is 12.1 Å². The number of hydrogen-bond donors (Lipinski definition) is 1. The second-order valence-corrected chi connectivity index (χ2v) is 4.43. The number of aromatic nitrogens is 1. The molecule has 0 fully saturated rings. The van der Waals surface area contributed by atoms with Crippen molar-refractivity contribution in [3.63, 3.8) is 0 Å². The molecular weight excluding hydrogens is 265 g/mol. The molecule has 0 aliphatic rings. The molecule has 2 N–H and O–H groups in total. The summed E-state index contributed by atoms with van der Waals surface area (Å²) >= 11 is 0. The average Bonchev–Trinajstić information content (AvgIpc) is 2.37. The average molecular weight is 278 g/mol. The first-order valence-electron chi connectivity index (χ1n) is 5.89. The molecule has 0 aliphatic carbocycles. The summed E-state index contributed by atoms with van der Waals surface area (Å²) in [6, 6.07) is 8.37. The monoisotopic (exact) mass is 278 g/mol. The highest BCUT2D eigenvalue weighted by atomic mass is 19.4. The van der Waals surface area contributed by atoms with E-state index in [0.29, 0.717) is 22.6 Å². The van der Waals surface area contributed by atoms with Crippen LogP contribution in [0, 0.1) is 6.92 Å². The summed E-state index contributed by atoms with van der Waals surface area (Å²) < 4.78 is 37.5. The fourth-order valence-corrected chi connectivity index (χ4v) is 1.89. The highest BCUT2D eigenvalue weighted by molar-refractivity contribution is 5.66. The van der Waals surface area contributed by atoms with Crippen molar-refractivity contribution in [1.29, 1.82) is 0 Å². The molecule has 0 amide bonds. The van der Waals surface area contributed by atoms with Gasteiger partial charge in [0, 0.05) is 22.5 Å². The summed E-state index contributed by atoms with van der Waals surface area (Å²) in [5.74, 6) is 0. The molecule has 0 saturated heterocycles. The van der Waals surface area contributed by atoms with Crippen molar-refractivity contribution in [2.45, 2.75) is 13.1 Å². The summed E-state index contributed by atoms with van der Waals surface area (Å²) in [7, 11) is 0. The number of hydrogen-bond acceptors (Lipinski definition) is 2. The first kappa shape index (κ1) is 14.1. The van der Waals surface area contributed by atoms with Gasteiger partial charge in [-0.05, 0) is 31.2 Å². The number of rotatable bonds is 2. The molecule has 2 aromatic rings. The van der Waals surface area contributed by atoms with Gasteiger partial charge in [-0.15, -0.1) is 0 Å². The zero-order valence-corrected chi connectivity index (χ0v) is 10.8. The molecule has 0 radical (unpaired) electrons. The third kappa shape index (κ3) is 2.82. The van der Waals surface area contributed by atoms with Gasteiger partial charge in [0.1, 0.15) is 0 Å². The second kappa shape index (κ2) is 5.00. The van der Waals surface area contributed by atoms with E-state index in [0.717, 1.165) is 17.7 Å². The molecule has 0 bridgehead atoms. The quantitative estimate of drug-likeness (QED) is 0.901. The zero-order chi connectivity index (χ0) is 14.9. The largest absolute Gasteiger partial charge is 0.416 e. The van der Waals surface area contributed by atoms with E-state index in [-0.39, 0.29) is 0 Å². The lowest BCUT2D eigenvalue weighted by Crippen LogP contribution is -2.04. The predicted molar refractivity (Wildman–Crippen MR) is 72.6 cm³/mol. The minimum Gasteiger partial charge on any atom is -0.399 e. The molecule has 104 valence electrons. The summed E-state index contributed by atoms with van der Waals surface area (Å²) in [6.45, 7) is 5.42. The smallest absolute Gasteiger partial charge is 0.399 e. The molecular formula is C15H13F3N2. The Morgan fingerprint density at radius 3 is 2.15 bits per heavy atom. The van der Waals surface area contributed by atoms with Crippen LogP contribution in [0.3, 0.4) is 0 Å². The number of nitrogens with zero attached hydrogens (tertiary/aromatic N) is 1. The number of aryl methyl sites for hydroxylation is 1. The van der Waals surface area contributed by atoms with Crippen molar-refractivity contribution in [3.05, 3.63) is 59.8 Å². The molecule has 0 unspecified atom stereocenters. The maximum absolute atomic E-state index is 12.5. The van der Waals surface area contributed by atoms with Crippen LogP contribution >= 0.6 is 0 Å². The van der Waals surface area contributed by atoms with Crippen LogP contribution in [0.4, 0.5) is 13.2 Å². The third-order valence-corrected chi connectivity index (χ3v) is 2.94. The molecule has 1 aromatic carbocycles. The molecule has 0 spiro atoms. The fourth-order valence-electron chi connectivity index (χ4n) is 1.89. The summed E-state index contributed by atoms with van der Waals surface area (Å²) in [4.78, 5) is 4.33. The van der Waals surface area contributed by atoms with Crippen LogP contribution in [0.1, 0.15) is 16.8 Å². The zero-order valence-electron chi connectivity index (χ0n) is 10.8. The van der Waals surface area contributed by atoms with Crippen LogP contribution in [0.2, 0.25) is 0 Å². The first-order chi connectivity index (χ1) is 9.29. The van der Waals surface area contributed by atoms with Crippen molar-refractivity contribution in [2.24, 2.45) is 5.73 Å². The number of nitrogens with two attached hydrogens (primary N) is 1. The van der Waals surface area contributed by atoms with E-state index in [9.17, 15) is 13.2 Å². The molecule has 2 rings (SSSR count). The van der Waals surface area contributed by atoms with Crippen LogP contribution in [-0.2, 0) is 6.18 Å². The summed E-state index contributed by atoms with van der Waals surface area (Å²) in [5.41, 5.74) is 7.99. The molecule has 1 aromatic heterocycles. The van der Waals surface area contributed by atoms with E-state index in [4.69, 9.17) is 5.73 Å². The number of benzene rings is 1. The minimum atomic E-state index is -4.33.